The topological polar surface area (TPSA) is 141 Å². The number of fused-ring (bicyclic) bond motifs is 1. The molecule has 0 saturated heterocycles. The van der Waals surface area contributed by atoms with Gasteiger partial charge in [0.15, 0.2) is 17.0 Å². The molecule has 0 radical (unpaired) electrons. The van der Waals surface area contributed by atoms with Gasteiger partial charge in [-0.05, 0) is 38.1 Å². The number of hydrogen-bond donors (Lipinski definition) is 4. The number of aromatic nitrogens is 6. The van der Waals surface area contributed by atoms with Gasteiger partial charge < -0.3 is 20.9 Å². The highest BCUT2D eigenvalue weighted by Crippen LogP contribution is 2.23. The predicted octanol–water partition coefficient (Wildman–Crippen LogP) is 2.64. The Kier molecular flexibility index (Phi) is 5.83. The van der Waals surface area contributed by atoms with E-state index in [4.69, 9.17) is 5.73 Å². The van der Waals surface area contributed by atoms with E-state index in [1.165, 1.54) is 12.1 Å². The van der Waals surface area contributed by atoms with Gasteiger partial charge in [0.25, 0.3) is 0 Å². The zero-order valence-corrected chi connectivity index (χ0v) is 17.6. The van der Waals surface area contributed by atoms with Crippen molar-refractivity contribution < 1.29 is 9.18 Å². The molecule has 11 nitrogen and oxygen atoms in total. The fourth-order valence-corrected chi connectivity index (χ4v) is 3.22. The number of rotatable bonds is 7. The normalized spacial score (nSPS) is 11.0. The standard InChI is InChI=1S/C20H23FN10O/c1-3-31-15(10-12(2)29-31)26-20(32)23-8-9-30-11-24-16-17(27-19(22)28-18(16)30)25-14-6-4-13(21)5-7-14/h4-7,10-11H,3,8-9H2,1-2H3,(H2,23,26,32)(H3,22,25,27,28). The maximum Gasteiger partial charge on any atom is 0.320 e. The van der Waals surface area contributed by atoms with Crippen molar-refractivity contribution in [2.24, 2.45) is 0 Å². The van der Waals surface area contributed by atoms with E-state index in [1.54, 1.807) is 27.7 Å². The number of amides is 2. The van der Waals surface area contributed by atoms with Crippen LogP contribution < -0.4 is 21.7 Å². The second kappa shape index (κ2) is 8.88. The summed E-state index contributed by atoms with van der Waals surface area (Å²) in [4.78, 5) is 25.1. The van der Waals surface area contributed by atoms with Crippen LogP contribution in [0.25, 0.3) is 11.2 Å². The van der Waals surface area contributed by atoms with E-state index >= 15 is 0 Å². The molecular formula is C20H23FN10O. The first kappa shape index (κ1) is 21.0. The highest BCUT2D eigenvalue weighted by atomic mass is 19.1. The number of carbonyl (C=O) groups excluding carboxylic acids is 1. The molecule has 2 amide bonds. The van der Waals surface area contributed by atoms with Crippen LogP contribution in [0.1, 0.15) is 12.6 Å². The molecular weight excluding hydrogens is 415 g/mol. The van der Waals surface area contributed by atoms with Gasteiger partial charge in [-0.25, -0.2) is 18.9 Å². The average molecular weight is 438 g/mol. The van der Waals surface area contributed by atoms with Crippen molar-refractivity contribution in [1.82, 2.24) is 34.6 Å². The van der Waals surface area contributed by atoms with Gasteiger partial charge in [-0.2, -0.15) is 15.1 Å². The molecule has 0 atom stereocenters. The molecule has 0 aliphatic rings. The Morgan fingerprint density at radius 2 is 2.00 bits per heavy atom. The van der Waals surface area contributed by atoms with Crippen molar-refractivity contribution in [3.05, 3.63) is 48.2 Å². The zero-order chi connectivity index (χ0) is 22.7. The maximum absolute atomic E-state index is 13.2. The molecule has 166 valence electrons. The molecule has 5 N–H and O–H groups in total. The molecule has 0 aliphatic carbocycles. The van der Waals surface area contributed by atoms with Gasteiger partial charge in [-0.1, -0.05) is 0 Å². The summed E-state index contributed by atoms with van der Waals surface area (Å²) in [6.45, 7) is 5.22. The molecule has 12 heteroatoms. The van der Waals surface area contributed by atoms with Crippen LogP contribution in [0.15, 0.2) is 36.7 Å². The number of nitrogens with one attached hydrogen (secondary N) is 3. The number of nitrogens with two attached hydrogens (primary N) is 1. The Hall–Kier alpha value is -4.22. The van der Waals surface area contributed by atoms with E-state index in [0.29, 0.717) is 48.1 Å². The molecule has 0 saturated carbocycles. The van der Waals surface area contributed by atoms with Crippen LogP contribution in [-0.2, 0) is 13.1 Å². The Balaban J connectivity index is 1.43. The minimum Gasteiger partial charge on any atom is -0.368 e. The summed E-state index contributed by atoms with van der Waals surface area (Å²) in [6, 6.07) is 7.33. The monoisotopic (exact) mass is 438 g/mol. The summed E-state index contributed by atoms with van der Waals surface area (Å²) in [5.41, 5.74) is 8.37. The number of nitrogen functional groups attached to an aromatic ring is 1. The first-order valence-electron chi connectivity index (χ1n) is 10.0. The van der Waals surface area contributed by atoms with E-state index in [2.05, 4.69) is 36.0 Å². The summed E-state index contributed by atoms with van der Waals surface area (Å²) in [6.07, 6.45) is 1.60. The minimum absolute atomic E-state index is 0.0674. The molecule has 3 heterocycles. The van der Waals surface area contributed by atoms with E-state index in [1.807, 2.05) is 19.9 Å². The van der Waals surface area contributed by atoms with Crippen molar-refractivity contribution in [3.63, 3.8) is 0 Å². The predicted molar refractivity (Wildman–Crippen MR) is 119 cm³/mol. The van der Waals surface area contributed by atoms with Crippen LogP contribution >= 0.6 is 0 Å². The maximum atomic E-state index is 13.2. The largest absolute Gasteiger partial charge is 0.368 e. The van der Waals surface area contributed by atoms with Gasteiger partial charge in [-0.3, -0.25) is 5.32 Å². The third kappa shape index (κ3) is 4.58. The first-order chi connectivity index (χ1) is 15.4. The number of anilines is 4. The number of halogens is 1. The lowest BCUT2D eigenvalue weighted by Crippen LogP contribution is -2.32. The third-order valence-electron chi connectivity index (χ3n) is 4.67. The van der Waals surface area contributed by atoms with Gasteiger partial charge in [-0.15, -0.1) is 0 Å². The van der Waals surface area contributed by atoms with Crippen LogP contribution in [0.2, 0.25) is 0 Å². The van der Waals surface area contributed by atoms with Crippen molar-refractivity contribution in [3.8, 4) is 0 Å². The Morgan fingerprint density at radius 1 is 1.22 bits per heavy atom. The Labute approximate surface area is 182 Å². The summed E-state index contributed by atoms with van der Waals surface area (Å²) in [7, 11) is 0. The second-order valence-corrected chi connectivity index (χ2v) is 7.04. The molecule has 4 aromatic rings. The van der Waals surface area contributed by atoms with Crippen molar-refractivity contribution in [2.45, 2.75) is 26.9 Å². The number of benzene rings is 1. The van der Waals surface area contributed by atoms with Gasteiger partial charge >= 0.3 is 6.03 Å². The number of urea groups is 1. The van der Waals surface area contributed by atoms with Crippen LogP contribution in [0.4, 0.5) is 32.5 Å². The SMILES string of the molecule is CCn1nc(C)cc1NC(=O)NCCn1cnc2c(Nc3ccc(F)cc3)nc(N)nc21. The number of hydrogen-bond acceptors (Lipinski definition) is 7. The molecule has 0 unspecified atom stereocenters. The van der Waals surface area contributed by atoms with Crippen molar-refractivity contribution >= 4 is 40.5 Å². The Morgan fingerprint density at radius 3 is 2.75 bits per heavy atom. The van der Waals surface area contributed by atoms with Crippen LogP contribution in [0, 0.1) is 12.7 Å². The fourth-order valence-electron chi connectivity index (χ4n) is 3.22. The lowest BCUT2D eigenvalue weighted by atomic mass is 10.3. The number of nitrogens with zero attached hydrogens (tertiary/aromatic N) is 6. The van der Waals surface area contributed by atoms with Crippen LogP contribution in [-0.4, -0.2) is 41.9 Å². The molecule has 1 aromatic carbocycles. The molecule has 0 spiro atoms. The van der Waals surface area contributed by atoms with E-state index in [0.717, 1.165) is 5.69 Å². The molecule has 0 bridgehead atoms. The molecule has 3 aromatic heterocycles. The van der Waals surface area contributed by atoms with Gasteiger partial charge in [0.1, 0.15) is 11.6 Å². The highest BCUT2D eigenvalue weighted by Gasteiger charge is 2.13. The van der Waals surface area contributed by atoms with Crippen LogP contribution in [0.5, 0.6) is 0 Å². The fraction of sp³-hybridized carbons (Fsp3) is 0.250. The second-order valence-electron chi connectivity index (χ2n) is 7.04. The van der Waals surface area contributed by atoms with Gasteiger partial charge in [0.2, 0.25) is 5.95 Å². The van der Waals surface area contributed by atoms with Crippen molar-refractivity contribution in [1.29, 1.82) is 0 Å². The summed E-state index contributed by atoms with van der Waals surface area (Å²) >= 11 is 0. The number of aryl methyl sites for hydroxylation is 2. The average Bonchev–Trinajstić information content (AvgIpc) is 3.32. The lowest BCUT2D eigenvalue weighted by Gasteiger charge is -2.10. The summed E-state index contributed by atoms with van der Waals surface area (Å²) < 4.78 is 16.6. The van der Waals surface area contributed by atoms with Crippen molar-refractivity contribution in [2.75, 3.05) is 22.9 Å². The quantitative estimate of drug-likeness (QED) is 0.348. The number of imidazole rings is 1. The third-order valence-corrected chi connectivity index (χ3v) is 4.67. The molecule has 0 fully saturated rings. The highest BCUT2D eigenvalue weighted by molar-refractivity contribution is 5.88. The zero-order valence-electron chi connectivity index (χ0n) is 17.6. The lowest BCUT2D eigenvalue weighted by molar-refractivity contribution is 0.251. The first-order valence-corrected chi connectivity index (χ1v) is 10.0. The minimum atomic E-state index is -0.336. The van der Waals surface area contributed by atoms with E-state index in [9.17, 15) is 9.18 Å². The molecule has 4 rings (SSSR count). The Bertz CT molecular complexity index is 1250. The van der Waals surface area contributed by atoms with Gasteiger partial charge in [0.05, 0.1) is 12.0 Å². The molecule has 0 aliphatic heterocycles. The van der Waals surface area contributed by atoms with Gasteiger partial charge in [0, 0.05) is 31.4 Å². The smallest absolute Gasteiger partial charge is 0.320 e. The van der Waals surface area contributed by atoms with E-state index in [-0.39, 0.29) is 17.8 Å². The molecule has 32 heavy (non-hydrogen) atoms. The van der Waals surface area contributed by atoms with E-state index < -0.39 is 0 Å². The summed E-state index contributed by atoms with van der Waals surface area (Å²) in [5, 5.41) is 13.0. The summed E-state index contributed by atoms with van der Waals surface area (Å²) in [5.74, 6) is 0.773. The number of carbonyl (C=O) groups is 1. The van der Waals surface area contributed by atoms with Crippen LogP contribution in [0.3, 0.4) is 0 Å².